The van der Waals surface area contributed by atoms with Crippen molar-refractivity contribution in [1.82, 2.24) is 5.32 Å². The molecule has 0 bridgehead atoms. The molecule has 0 aromatic carbocycles. The summed E-state index contributed by atoms with van der Waals surface area (Å²) in [5, 5.41) is 3.84. The number of alkyl halides is 1. The molecule has 0 aliphatic carbocycles. The van der Waals surface area contributed by atoms with Crippen LogP contribution in [-0.4, -0.2) is 16.8 Å². The fourth-order valence-electron chi connectivity index (χ4n) is 2.07. The van der Waals surface area contributed by atoms with E-state index in [4.69, 9.17) is 0 Å². The van der Waals surface area contributed by atoms with Gasteiger partial charge in [0.1, 0.15) is 0 Å². The quantitative estimate of drug-likeness (QED) is 0.386. The second kappa shape index (κ2) is 11.7. The minimum Gasteiger partial charge on any atom is -0.350 e. The summed E-state index contributed by atoms with van der Waals surface area (Å²) in [4.78, 5) is 11.7. The van der Waals surface area contributed by atoms with E-state index in [9.17, 15) is 4.79 Å². The second-order valence-corrected chi connectivity index (χ2v) is 6.70. The molecule has 0 saturated heterocycles. The smallest absolute Gasteiger partial charge is 0.220 e. The largest absolute Gasteiger partial charge is 0.350 e. The highest BCUT2D eigenvalue weighted by Crippen LogP contribution is 2.11. The Bertz CT molecular complexity index is 229. The minimum atomic E-state index is -0.129. The lowest BCUT2D eigenvalue weighted by Gasteiger charge is -2.23. The van der Waals surface area contributed by atoms with Gasteiger partial charge in [-0.25, -0.2) is 0 Å². The third kappa shape index (κ3) is 12.7. The maximum Gasteiger partial charge on any atom is 0.220 e. The van der Waals surface area contributed by atoms with Crippen molar-refractivity contribution in [3.8, 4) is 0 Å². The molecule has 0 saturated carbocycles. The van der Waals surface area contributed by atoms with Gasteiger partial charge in [0.25, 0.3) is 0 Å². The van der Waals surface area contributed by atoms with Crippen LogP contribution in [-0.2, 0) is 4.79 Å². The molecule has 0 aromatic rings. The molecule has 0 aromatic heterocycles. The van der Waals surface area contributed by atoms with E-state index >= 15 is 0 Å². The van der Waals surface area contributed by atoms with Crippen molar-refractivity contribution >= 4 is 21.8 Å². The summed E-state index contributed by atoms with van der Waals surface area (Å²) in [6.07, 6.45) is 12.3. The van der Waals surface area contributed by atoms with Gasteiger partial charge in [-0.1, -0.05) is 74.2 Å². The van der Waals surface area contributed by atoms with Gasteiger partial charge in [0, 0.05) is 17.3 Å². The van der Waals surface area contributed by atoms with Crippen LogP contribution < -0.4 is 5.32 Å². The van der Waals surface area contributed by atoms with Crippen molar-refractivity contribution in [3.63, 3.8) is 0 Å². The van der Waals surface area contributed by atoms with Crippen LogP contribution in [0.2, 0.25) is 0 Å². The Morgan fingerprint density at radius 1 is 0.947 bits per heavy atom. The highest BCUT2D eigenvalue weighted by atomic mass is 79.9. The summed E-state index contributed by atoms with van der Waals surface area (Å²) < 4.78 is 0. The van der Waals surface area contributed by atoms with Crippen LogP contribution in [0.1, 0.15) is 85.0 Å². The number of carbonyl (C=O) groups excluding carboxylic acids is 1. The Balaban J connectivity index is 3.32. The van der Waals surface area contributed by atoms with Crippen molar-refractivity contribution in [2.75, 3.05) is 5.33 Å². The van der Waals surface area contributed by atoms with E-state index in [1.165, 1.54) is 51.4 Å². The molecular weight excluding hydrogens is 302 g/mol. The summed E-state index contributed by atoms with van der Waals surface area (Å²) in [6, 6.07) is 0. The molecule has 0 aliphatic rings. The SMILES string of the molecule is CCCCCCCCCCCC(=O)NC(C)(C)CBr. The molecule has 3 heteroatoms. The maximum atomic E-state index is 11.7. The van der Waals surface area contributed by atoms with Crippen LogP contribution in [0.15, 0.2) is 0 Å². The molecule has 0 rings (SSSR count). The molecule has 0 aliphatic heterocycles. The topological polar surface area (TPSA) is 29.1 Å². The lowest BCUT2D eigenvalue weighted by molar-refractivity contribution is -0.122. The number of hydrogen-bond donors (Lipinski definition) is 1. The minimum absolute atomic E-state index is 0.129. The van der Waals surface area contributed by atoms with Gasteiger partial charge in [-0.15, -0.1) is 0 Å². The van der Waals surface area contributed by atoms with Crippen molar-refractivity contribution in [3.05, 3.63) is 0 Å². The molecule has 0 heterocycles. The van der Waals surface area contributed by atoms with Crippen molar-refractivity contribution < 1.29 is 4.79 Å². The van der Waals surface area contributed by atoms with E-state index in [0.717, 1.165) is 11.8 Å². The van der Waals surface area contributed by atoms with Crippen LogP contribution in [0.25, 0.3) is 0 Å². The zero-order valence-electron chi connectivity index (χ0n) is 13.1. The number of hydrogen-bond acceptors (Lipinski definition) is 1. The van der Waals surface area contributed by atoms with E-state index in [2.05, 4.69) is 28.2 Å². The fourth-order valence-corrected chi connectivity index (χ4v) is 2.21. The summed E-state index contributed by atoms with van der Waals surface area (Å²) in [5.74, 6) is 0.187. The summed E-state index contributed by atoms with van der Waals surface area (Å²) >= 11 is 3.41. The molecule has 19 heavy (non-hydrogen) atoms. The Labute approximate surface area is 128 Å². The Kier molecular flexibility index (Phi) is 11.7. The zero-order valence-corrected chi connectivity index (χ0v) is 14.7. The molecule has 0 unspecified atom stereocenters. The molecule has 1 N–H and O–H groups in total. The van der Waals surface area contributed by atoms with Crippen LogP contribution in [0.3, 0.4) is 0 Å². The van der Waals surface area contributed by atoms with Gasteiger partial charge in [-0.3, -0.25) is 4.79 Å². The predicted molar refractivity (Wildman–Crippen MR) is 87.9 cm³/mol. The van der Waals surface area contributed by atoms with Gasteiger partial charge in [0.05, 0.1) is 0 Å². The molecular formula is C16H32BrNO. The van der Waals surface area contributed by atoms with E-state index in [-0.39, 0.29) is 11.4 Å². The maximum absolute atomic E-state index is 11.7. The molecule has 0 atom stereocenters. The first-order valence-corrected chi connectivity index (χ1v) is 9.01. The van der Waals surface area contributed by atoms with E-state index in [1.807, 2.05) is 13.8 Å². The predicted octanol–water partition coefficient (Wildman–Crippen LogP) is 5.20. The van der Waals surface area contributed by atoms with Crippen LogP contribution in [0.4, 0.5) is 0 Å². The molecule has 1 amide bonds. The molecule has 0 fully saturated rings. The second-order valence-electron chi connectivity index (χ2n) is 6.14. The van der Waals surface area contributed by atoms with Crippen LogP contribution >= 0.6 is 15.9 Å². The van der Waals surface area contributed by atoms with Gasteiger partial charge in [-0.05, 0) is 20.3 Å². The van der Waals surface area contributed by atoms with E-state index in [0.29, 0.717) is 6.42 Å². The van der Waals surface area contributed by atoms with E-state index < -0.39 is 0 Å². The highest BCUT2D eigenvalue weighted by Gasteiger charge is 2.17. The van der Waals surface area contributed by atoms with Gasteiger partial charge in [0.2, 0.25) is 5.91 Å². The van der Waals surface area contributed by atoms with Gasteiger partial charge in [0.15, 0.2) is 0 Å². The number of carbonyl (C=O) groups is 1. The summed E-state index contributed by atoms with van der Waals surface area (Å²) in [7, 11) is 0. The van der Waals surface area contributed by atoms with Gasteiger partial charge >= 0.3 is 0 Å². The van der Waals surface area contributed by atoms with Crippen molar-refractivity contribution in [2.24, 2.45) is 0 Å². The average Bonchev–Trinajstić information content (AvgIpc) is 2.36. The third-order valence-corrected chi connectivity index (χ3v) is 4.72. The average molecular weight is 334 g/mol. The first-order valence-electron chi connectivity index (χ1n) is 7.89. The molecule has 0 radical (unpaired) electrons. The Hall–Kier alpha value is -0.0500. The molecule has 114 valence electrons. The van der Waals surface area contributed by atoms with Gasteiger partial charge in [-0.2, -0.15) is 0 Å². The monoisotopic (exact) mass is 333 g/mol. The zero-order chi connectivity index (χ0) is 14.6. The van der Waals surface area contributed by atoms with E-state index in [1.54, 1.807) is 0 Å². The number of halogens is 1. The molecule has 0 spiro atoms. The number of unbranched alkanes of at least 4 members (excludes halogenated alkanes) is 8. The molecule has 2 nitrogen and oxygen atoms in total. The van der Waals surface area contributed by atoms with Crippen LogP contribution in [0, 0.1) is 0 Å². The first-order chi connectivity index (χ1) is 9.02. The third-order valence-electron chi connectivity index (χ3n) is 3.32. The fraction of sp³-hybridized carbons (Fsp3) is 0.938. The van der Waals surface area contributed by atoms with Crippen LogP contribution in [0.5, 0.6) is 0 Å². The lowest BCUT2D eigenvalue weighted by Crippen LogP contribution is -2.44. The number of amides is 1. The Morgan fingerprint density at radius 2 is 1.42 bits per heavy atom. The normalized spacial score (nSPS) is 11.6. The summed E-state index contributed by atoms with van der Waals surface area (Å²) in [6.45, 7) is 6.33. The number of nitrogens with one attached hydrogen (secondary N) is 1. The highest BCUT2D eigenvalue weighted by molar-refractivity contribution is 9.09. The summed E-state index contributed by atoms with van der Waals surface area (Å²) in [5.41, 5.74) is -0.129. The van der Waals surface area contributed by atoms with Crippen molar-refractivity contribution in [1.29, 1.82) is 0 Å². The van der Waals surface area contributed by atoms with Crippen molar-refractivity contribution in [2.45, 2.75) is 90.5 Å². The Morgan fingerprint density at radius 3 is 1.89 bits per heavy atom. The van der Waals surface area contributed by atoms with Gasteiger partial charge < -0.3 is 5.32 Å². The number of rotatable bonds is 12. The lowest BCUT2D eigenvalue weighted by atomic mass is 10.1. The first kappa shape index (κ1) is 18.9. The standard InChI is InChI=1S/C16H32BrNO/c1-4-5-6-7-8-9-10-11-12-13-15(19)18-16(2,3)14-17/h4-14H2,1-3H3,(H,18,19).